The lowest BCUT2D eigenvalue weighted by Crippen LogP contribution is -2.55. The number of imide groups is 1. The van der Waals surface area contributed by atoms with Crippen molar-refractivity contribution >= 4 is 29.4 Å². The number of amides is 3. The van der Waals surface area contributed by atoms with Crippen LogP contribution < -0.4 is 0 Å². The smallest absolute Gasteiger partial charge is 0.245 e. The van der Waals surface area contributed by atoms with Crippen molar-refractivity contribution in [1.82, 2.24) is 4.90 Å². The van der Waals surface area contributed by atoms with Gasteiger partial charge in [-0.1, -0.05) is 25.1 Å². The van der Waals surface area contributed by atoms with Gasteiger partial charge in [-0.05, 0) is 24.0 Å². The Hall–Kier alpha value is -1.95. The molecular weight excluding hydrogens is 303 g/mol. The van der Waals surface area contributed by atoms with Crippen molar-refractivity contribution in [2.75, 3.05) is 6.54 Å². The molecule has 4 nitrogen and oxygen atoms in total. The van der Waals surface area contributed by atoms with Gasteiger partial charge in [-0.3, -0.25) is 0 Å². The largest absolute Gasteiger partial charge is 0.501 e. The van der Waals surface area contributed by atoms with Gasteiger partial charge in [0, 0.05) is 5.56 Å². The summed E-state index contributed by atoms with van der Waals surface area (Å²) in [6.07, 6.45) is 2.47. The van der Waals surface area contributed by atoms with Gasteiger partial charge in [0.05, 0.1) is 6.54 Å². The Morgan fingerprint density at radius 2 is 2.09 bits per heavy atom. The minimum absolute atomic E-state index is 0.135. The summed E-state index contributed by atoms with van der Waals surface area (Å²) >= 11 is 1.39. The average molecular weight is 319 g/mol. The summed E-state index contributed by atoms with van der Waals surface area (Å²) in [5, 5.41) is 1.42. The van der Waals surface area contributed by atoms with E-state index in [-0.39, 0.29) is 24.3 Å². The molecule has 2 aliphatic heterocycles. The number of urea groups is 1. The van der Waals surface area contributed by atoms with Crippen LogP contribution >= 0.6 is 11.8 Å². The Balaban J connectivity index is 2.01. The topological polar surface area (TPSA) is 40.4 Å². The Bertz CT molecular complexity index is 699. The summed E-state index contributed by atoms with van der Waals surface area (Å²) in [6.45, 7) is 2.44. The number of carbonyl (C=O) groups excluding carboxylic acids is 2. The van der Waals surface area contributed by atoms with E-state index in [2.05, 4.69) is 0 Å². The summed E-state index contributed by atoms with van der Waals surface area (Å²) in [4.78, 5) is 26.3. The second-order valence-corrected chi connectivity index (χ2v) is 6.21. The number of hydrogen-bond acceptors (Lipinski definition) is 3. The van der Waals surface area contributed by atoms with Gasteiger partial charge in [-0.2, -0.15) is 14.3 Å². The highest BCUT2D eigenvalue weighted by Gasteiger charge is 2.48. The summed E-state index contributed by atoms with van der Waals surface area (Å²) < 4.78 is 15.4. The first-order chi connectivity index (χ1) is 10.6. The molecule has 0 aliphatic carbocycles. The highest BCUT2D eigenvalue weighted by molar-refractivity contribution is 8.04. The van der Waals surface area contributed by atoms with Crippen LogP contribution in [0, 0.1) is 5.82 Å². The van der Waals surface area contributed by atoms with Crippen LogP contribution in [0.5, 0.6) is 0 Å². The van der Waals surface area contributed by atoms with Crippen molar-refractivity contribution in [3.63, 3.8) is 0 Å². The van der Waals surface area contributed by atoms with Gasteiger partial charge in [-0.15, -0.1) is 11.8 Å². The molecule has 6 heteroatoms. The Labute approximate surface area is 132 Å². The summed E-state index contributed by atoms with van der Waals surface area (Å²) in [5.74, 6) is -0.525. The number of halogens is 1. The summed E-state index contributed by atoms with van der Waals surface area (Å²) in [7, 11) is 0. The van der Waals surface area contributed by atoms with Gasteiger partial charge in [0.1, 0.15) is 18.1 Å². The van der Waals surface area contributed by atoms with Gasteiger partial charge in [0.2, 0.25) is 0 Å². The first kappa shape index (κ1) is 15.0. The second-order valence-electron chi connectivity index (χ2n) is 5.19. The van der Waals surface area contributed by atoms with Crippen LogP contribution in [0.3, 0.4) is 0 Å². The van der Waals surface area contributed by atoms with E-state index in [0.717, 1.165) is 0 Å². The first-order valence-electron chi connectivity index (χ1n) is 7.18. The number of fused-ring (bicyclic) bond motifs is 1. The minimum Gasteiger partial charge on any atom is -0.245 e. The Morgan fingerprint density at radius 3 is 2.82 bits per heavy atom. The fourth-order valence-corrected chi connectivity index (χ4v) is 3.60. The molecule has 0 bridgehead atoms. The van der Waals surface area contributed by atoms with E-state index in [4.69, 9.17) is 0 Å². The van der Waals surface area contributed by atoms with Gasteiger partial charge < -0.3 is 0 Å². The monoisotopic (exact) mass is 319 g/mol. The van der Waals surface area contributed by atoms with Gasteiger partial charge >= 0.3 is 11.9 Å². The molecule has 114 valence electrons. The van der Waals surface area contributed by atoms with Crippen molar-refractivity contribution in [3.8, 4) is 0 Å². The molecular formula is C16H16FN2O2S+. The average Bonchev–Trinajstić information content (AvgIpc) is 2.99. The highest BCUT2D eigenvalue weighted by atomic mass is 32.2. The van der Waals surface area contributed by atoms with E-state index in [1.54, 1.807) is 24.3 Å². The number of thioether (sulfide) groups is 1. The van der Waals surface area contributed by atoms with E-state index < -0.39 is 5.25 Å². The number of carbonyl (C=O) groups is 2. The summed E-state index contributed by atoms with van der Waals surface area (Å²) in [6, 6.07) is 6.02. The van der Waals surface area contributed by atoms with E-state index in [1.807, 2.05) is 12.3 Å². The molecule has 0 spiro atoms. The maximum absolute atomic E-state index is 13.9. The maximum Gasteiger partial charge on any atom is 0.501 e. The number of rotatable bonds is 4. The van der Waals surface area contributed by atoms with Crippen molar-refractivity contribution in [2.45, 2.75) is 25.1 Å². The van der Waals surface area contributed by atoms with Gasteiger partial charge in [-0.25, -0.2) is 9.18 Å². The number of benzene rings is 1. The fourth-order valence-electron chi connectivity index (χ4n) is 2.64. The molecule has 0 saturated carbocycles. The number of allylic oxidation sites excluding steroid dienone is 1. The van der Waals surface area contributed by atoms with Crippen LogP contribution in [0.25, 0.3) is 0 Å². The van der Waals surface area contributed by atoms with E-state index in [9.17, 15) is 14.0 Å². The molecule has 2 aliphatic rings. The zero-order valence-corrected chi connectivity index (χ0v) is 13.0. The summed E-state index contributed by atoms with van der Waals surface area (Å²) in [5.41, 5.74) is 1.09. The molecule has 22 heavy (non-hydrogen) atoms. The predicted octanol–water partition coefficient (Wildman–Crippen LogP) is 2.78. The molecule has 0 aromatic heterocycles. The zero-order valence-electron chi connectivity index (χ0n) is 12.2. The molecule has 1 aromatic carbocycles. The second kappa shape index (κ2) is 6.04. The third kappa shape index (κ3) is 2.47. The molecule has 0 fully saturated rings. The van der Waals surface area contributed by atoms with E-state index in [0.29, 0.717) is 24.2 Å². The standard InChI is InChI=1S/C16H16FN2O2S/c1-2-8-18-15(20)14-13(7-9-22-14)19(16(18)21)10-11-5-3-4-6-12(11)17/h3-7,9,14H,2,8,10H2,1H3/q+1. The minimum atomic E-state index is -0.393. The third-order valence-electron chi connectivity index (χ3n) is 3.72. The molecule has 1 unspecified atom stereocenters. The molecule has 0 saturated heterocycles. The first-order valence-corrected chi connectivity index (χ1v) is 8.13. The van der Waals surface area contributed by atoms with Crippen LogP contribution in [-0.2, 0) is 11.3 Å². The van der Waals surface area contributed by atoms with Crippen LogP contribution in [0.1, 0.15) is 18.9 Å². The lowest BCUT2D eigenvalue weighted by molar-refractivity contribution is -0.455. The van der Waals surface area contributed by atoms with Crippen LogP contribution in [-0.4, -0.2) is 38.9 Å². The molecule has 0 N–H and O–H groups in total. The normalized spacial score (nSPS) is 20.8. The van der Waals surface area contributed by atoms with Crippen molar-refractivity contribution in [3.05, 3.63) is 47.1 Å². The molecule has 3 amide bonds. The number of nitrogens with zero attached hydrogens (tertiary/aromatic N) is 2. The Morgan fingerprint density at radius 1 is 1.32 bits per heavy atom. The number of hydrogen-bond donors (Lipinski definition) is 0. The molecule has 1 aromatic rings. The highest BCUT2D eigenvalue weighted by Crippen LogP contribution is 2.28. The molecule has 3 rings (SSSR count). The lowest BCUT2D eigenvalue weighted by atomic mass is 10.1. The van der Waals surface area contributed by atoms with E-state index in [1.165, 1.54) is 27.3 Å². The maximum atomic E-state index is 13.9. The molecule has 1 atom stereocenters. The van der Waals surface area contributed by atoms with Gasteiger partial charge in [0.15, 0.2) is 5.25 Å². The molecule has 0 radical (unpaired) electrons. The van der Waals surface area contributed by atoms with Gasteiger partial charge in [0.25, 0.3) is 0 Å². The fraction of sp³-hybridized carbons (Fsp3) is 0.312. The van der Waals surface area contributed by atoms with Crippen molar-refractivity contribution < 1.29 is 18.6 Å². The van der Waals surface area contributed by atoms with Crippen molar-refractivity contribution in [2.24, 2.45) is 0 Å². The quantitative estimate of drug-likeness (QED) is 0.801. The molecule has 2 heterocycles. The van der Waals surface area contributed by atoms with Crippen LogP contribution in [0.2, 0.25) is 0 Å². The third-order valence-corrected chi connectivity index (χ3v) is 4.73. The van der Waals surface area contributed by atoms with Crippen LogP contribution in [0.15, 0.2) is 35.7 Å². The zero-order chi connectivity index (χ0) is 15.7. The van der Waals surface area contributed by atoms with E-state index >= 15 is 0 Å². The van der Waals surface area contributed by atoms with Crippen molar-refractivity contribution in [1.29, 1.82) is 0 Å². The Kier molecular flexibility index (Phi) is 4.11. The predicted molar refractivity (Wildman–Crippen MR) is 83.3 cm³/mol. The lowest BCUT2D eigenvalue weighted by Gasteiger charge is -2.24. The SMILES string of the molecule is CCCN1C(=O)C2SC=CC2=[N+](Cc2ccccc2F)C1=O. The van der Waals surface area contributed by atoms with Crippen LogP contribution in [0.4, 0.5) is 9.18 Å².